The maximum atomic E-state index is 12.5. The maximum Gasteiger partial charge on any atom is 0.314 e. The number of hydrogen-bond acceptors (Lipinski definition) is 6. The Morgan fingerprint density at radius 3 is 1.70 bits per heavy atom. The van der Waals surface area contributed by atoms with Gasteiger partial charge in [0.2, 0.25) is 5.91 Å². The number of rotatable bonds is 4. The lowest BCUT2D eigenvalue weighted by atomic mass is 9.55. The summed E-state index contributed by atoms with van der Waals surface area (Å²) in [5.74, 6) is -0.366. The summed E-state index contributed by atoms with van der Waals surface area (Å²) in [4.78, 5) is 38.0. The molecule has 2 saturated heterocycles. The van der Waals surface area contributed by atoms with Crippen LogP contribution in [-0.2, 0) is 34.7 Å². The van der Waals surface area contributed by atoms with Crippen molar-refractivity contribution in [3.05, 3.63) is 70.8 Å². The molecule has 0 aromatic heterocycles. The van der Waals surface area contributed by atoms with Gasteiger partial charge in [-0.1, -0.05) is 60.7 Å². The van der Waals surface area contributed by atoms with E-state index in [1.54, 1.807) is 6.92 Å². The topological polar surface area (TPSA) is 93.7 Å². The number of nitrogens with one attached hydrogen (secondary N) is 2. The summed E-state index contributed by atoms with van der Waals surface area (Å²) in [6.45, 7) is 12.3. The normalized spacial score (nSPS) is 34.4. The molecule has 2 N–H and O–H groups in total. The fraction of sp³-hybridized carbons (Fsp3) is 0.500. The van der Waals surface area contributed by atoms with E-state index < -0.39 is 16.2 Å². The Hall–Kier alpha value is -3.26. The lowest BCUT2D eigenvalue weighted by molar-refractivity contribution is -0.164. The lowest BCUT2D eigenvalue weighted by Crippen LogP contribution is -2.63. The van der Waals surface area contributed by atoms with Crippen molar-refractivity contribution in [2.45, 2.75) is 77.3 Å². The first-order valence-electron chi connectivity index (χ1n) is 14.0. The van der Waals surface area contributed by atoms with Crippen molar-refractivity contribution < 1.29 is 23.9 Å². The van der Waals surface area contributed by atoms with Crippen LogP contribution in [0, 0.1) is 10.8 Å². The molecule has 6 atom stereocenters. The van der Waals surface area contributed by atoms with E-state index in [0.717, 1.165) is 16.1 Å². The van der Waals surface area contributed by atoms with Crippen LogP contribution in [-0.4, -0.2) is 36.0 Å². The number of carbonyl (C=O) groups excluding carboxylic acids is 3. The van der Waals surface area contributed by atoms with Gasteiger partial charge in [-0.2, -0.15) is 0 Å². The molecule has 212 valence electrons. The Bertz CT molecular complexity index is 1300. The van der Waals surface area contributed by atoms with Crippen molar-refractivity contribution in [2.75, 3.05) is 13.2 Å². The molecule has 0 saturated carbocycles. The van der Waals surface area contributed by atoms with E-state index in [-0.39, 0.29) is 35.3 Å². The number of hydrogen-bond donors (Lipinski definition) is 2. The van der Waals surface area contributed by atoms with Gasteiger partial charge in [-0.15, -0.1) is 0 Å². The van der Waals surface area contributed by atoms with E-state index >= 15 is 0 Å². The van der Waals surface area contributed by atoms with Gasteiger partial charge in [0, 0.05) is 5.41 Å². The van der Waals surface area contributed by atoms with E-state index in [1.165, 1.54) is 11.1 Å². The van der Waals surface area contributed by atoms with Gasteiger partial charge in [-0.3, -0.25) is 14.4 Å². The van der Waals surface area contributed by atoms with Crippen LogP contribution < -0.4 is 10.6 Å². The quantitative estimate of drug-likeness (QED) is 0.401. The van der Waals surface area contributed by atoms with Gasteiger partial charge in [0.25, 0.3) is 0 Å². The van der Waals surface area contributed by atoms with Crippen molar-refractivity contribution in [3.63, 3.8) is 0 Å². The fourth-order valence-electron chi connectivity index (χ4n) is 7.48. The molecule has 8 heteroatoms. The average molecular weight is 563 g/mol. The third kappa shape index (κ3) is 3.90. The van der Waals surface area contributed by atoms with E-state index in [2.05, 4.69) is 29.7 Å². The van der Waals surface area contributed by atoms with Crippen LogP contribution in [0.4, 0.5) is 0 Å². The molecule has 6 unspecified atom stereocenters. The Balaban J connectivity index is 0.000000161. The number of amides is 1. The highest BCUT2D eigenvalue weighted by molar-refractivity contribution is 7.80. The number of esters is 2. The van der Waals surface area contributed by atoms with E-state index in [9.17, 15) is 14.4 Å². The first-order valence-corrected chi connectivity index (χ1v) is 14.4. The lowest BCUT2D eigenvalue weighted by Gasteiger charge is -2.55. The van der Waals surface area contributed by atoms with E-state index in [0.29, 0.717) is 26.1 Å². The van der Waals surface area contributed by atoms with Crippen molar-refractivity contribution >= 4 is 35.1 Å². The molecule has 4 aliphatic heterocycles. The predicted molar refractivity (Wildman–Crippen MR) is 156 cm³/mol. The Morgan fingerprint density at radius 2 is 1.20 bits per heavy atom. The van der Waals surface area contributed by atoms with Crippen LogP contribution in [0.5, 0.6) is 0 Å². The van der Waals surface area contributed by atoms with E-state index in [4.69, 9.17) is 21.7 Å². The second-order valence-electron chi connectivity index (χ2n) is 12.3. The van der Waals surface area contributed by atoms with Crippen LogP contribution in [0.25, 0.3) is 0 Å². The van der Waals surface area contributed by atoms with Crippen LogP contribution in [0.1, 0.15) is 88.7 Å². The average Bonchev–Trinajstić information content (AvgIpc) is 2.92. The molecule has 2 aromatic carbocycles. The summed E-state index contributed by atoms with van der Waals surface area (Å²) in [7, 11) is 0. The Morgan fingerprint density at radius 1 is 0.775 bits per heavy atom. The molecule has 4 bridgehead atoms. The highest BCUT2D eigenvalue weighted by atomic mass is 32.1. The summed E-state index contributed by atoms with van der Waals surface area (Å²) < 4.78 is 10.6. The second kappa shape index (κ2) is 9.68. The SMILES string of the molecule is CCOC(=O)C1(C)CC2(C)C(=O)NC1c1ccccc12.CCOC(=O)C1(C)CC2(C)C(=S)NC1c1ccccc12. The standard InChI is InChI=1S/C16H19NO3.C16H19NO2S/c1-4-20-14(19)16(3)9-15(2)11-8-6-5-7-10(11)12(16)17-13(15)18;1-4-19-14(18)16(3)9-15(2)11-8-6-5-7-10(11)12(16)17-13(15)20/h5-8,12H,4,9H2,1-3H3,(H,17,18);5-8,12H,4,9H2,1-3H3,(H,17,20). The molecule has 4 heterocycles. The number of carbonyl (C=O) groups is 3. The van der Waals surface area contributed by atoms with Crippen LogP contribution in [0.3, 0.4) is 0 Å². The van der Waals surface area contributed by atoms with E-state index in [1.807, 2.05) is 64.1 Å². The number of thiocarbonyl (C=S) groups is 1. The van der Waals surface area contributed by atoms with Crippen LogP contribution in [0.15, 0.2) is 48.5 Å². The molecule has 8 rings (SSSR count). The van der Waals surface area contributed by atoms with Crippen molar-refractivity contribution in [3.8, 4) is 0 Å². The first kappa shape index (κ1) is 28.3. The second-order valence-corrected chi connectivity index (χ2v) is 12.7. The summed E-state index contributed by atoms with van der Waals surface area (Å²) in [6, 6.07) is 15.7. The number of piperidine rings is 2. The molecule has 40 heavy (non-hydrogen) atoms. The largest absolute Gasteiger partial charge is 0.466 e. The molecule has 1 amide bonds. The first-order chi connectivity index (χ1) is 18.9. The minimum Gasteiger partial charge on any atom is -0.466 e. The van der Waals surface area contributed by atoms with Crippen molar-refractivity contribution in [2.24, 2.45) is 10.8 Å². The van der Waals surface area contributed by atoms with Gasteiger partial charge in [-0.05, 0) is 76.6 Å². The van der Waals surface area contributed by atoms with Gasteiger partial charge in [0.05, 0.1) is 46.5 Å². The highest BCUT2D eigenvalue weighted by Crippen LogP contribution is 2.57. The third-order valence-electron chi connectivity index (χ3n) is 9.48. The number of benzene rings is 2. The molecule has 0 radical (unpaired) electrons. The smallest absolute Gasteiger partial charge is 0.314 e. The zero-order valence-corrected chi connectivity index (χ0v) is 24.9. The predicted octanol–water partition coefficient (Wildman–Crippen LogP) is 4.98. The molecule has 2 aromatic rings. The van der Waals surface area contributed by atoms with Gasteiger partial charge in [0.15, 0.2) is 0 Å². The van der Waals surface area contributed by atoms with Gasteiger partial charge in [0.1, 0.15) is 0 Å². The summed E-state index contributed by atoms with van der Waals surface area (Å²) >= 11 is 5.54. The molecular weight excluding hydrogens is 524 g/mol. The molecule has 6 aliphatic rings. The zero-order chi connectivity index (χ0) is 29.1. The fourth-order valence-corrected chi connectivity index (χ4v) is 7.78. The molecule has 2 fully saturated rings. The van der Waals surface area contributed by atoms with Gasteiger partial charge < -0.3 is 20.1 Å². The summed E-state index contributed by atoms with van der Waals surface area (Å²) in [5.41, 5.74) is 2.27. The monoisotopic (exact) mass is 562 g/mol. The van der Waals surface area contributed by atoms with Gasteiger partial charge in [-0.25, -0.2) is 0 Å². The maximum absolute atomic E-state index is 12.5. The number of ether oxygens (including phenoxy) is 2. The minimum absolute atomic E-state index is 0.00275. The molecular formula is C32H38N2O5S. The molecule has 7 nitrogen and oxygen atoms in total. The Labute approximate surface area is 241 Å². The summed E-state index contributed by atoms with van der Waals surface area (Å²) in [6.07, 6.45) is 1.19. The van der Waals surface area contributed by atoms with Gasteiger partial charge >= 0.3 is 11.9 Å². The van der Waals surface area contributed by atoms with Crippen LogP contribution in [0.2, 0.25) is 0 Å². The van der Waals surface area contributed by atoms with Crippen molar-refractivity contribution in [1.29, 1.82) is 0 Å². The third-order valence-corrected chi connectivity index (χ3v) is 10.1. The minimum atomic E-state index is -0.701. The Kier molecular flexibility index (Phi) is 6.85. The molecule has 2 aliphatic carbocycles. The molecule has 0 spiro atoms. The zero-order valence-electron chi connectivity index (χ0n) is 24.1. The van der Waals surface area contributed by atoms with Crippen LogP contribution >= 0.6 is 12.2 Å². The van der Waals surface area contributed by atoms with Crippen molar-refractivity contribution in [1.82, 2.24) is 10.6 Å². The highest BCUT2D eigenvalue weighted by Gasteiger charge is 2.61. The number of fused-ring (bicyclic) bond motifs is 4. The summed E-state index contributed by atoms with van der Waals surface area (Å²) in [5, 5.41) is 6.38.